The summed E-state index contributed by atoms with van der Waals surface area (Å²) < 4.78 is 0. The van der Waals surface area contributed by atoms with E-state index in [0.29, 0.717) is 0 Å². The summed E-state index contributed by atoms with van der Waals surface area (Å²) >= 11 is 0. The highest BCUT2D eigenvalue weighted by atomic mass is 14.5. The molecule has 2 rings (SSSR count). The number of hydrogen-bond acceptors (Lipinski definition) is 1. The molecule has 0 atom stereocenters. The molecule has 1 nitrogen and oxygen atoms in total. The molecule has 0 spiro atoms. The van der Waals surface area contributed by atoms with Crippen LogP contribution in [0.1, 0.15) is 44.4 Å². The topological polar surface area (TPSA) is 26.0 Å². The van der Waals surface area contributed by atoms with Crippen molar-refractivity contribution >= 4 is 5.69 Å². The molecule has 0 bridgehead atoms. The van der Waals surface area contributed by atoms with Gasteiger partial charge in [0.1, 0.15) is 0 Å². The maximum atomic E-state index is 5.48. The summed E-state index contributed by atoms with van der Waals surface area (Å²) in [5.41, 5.74) is 10.4. The Labute approximate surface area is 124 Å². The zero-order chi connectivity index (χ0) is 15.4. The third-order valence-corrected chi connectivity index (χ3v) is 2.92. The van der Waals surface area contributed by atoms with E-state index in [1.807, 2.05) is 26.0 Å². The Morgan fingerprint density at radius 3 is 1.40 bits per heavy atom. The lowest BCUT2D eigenvalue weighted by atomic mass is 10.1. The van der Waals surface area contributed by atoms with Crippen LogP contribution in [0.15, 0.2) is 48.5 Å². The van der Waals surface area contributed by atoms with Gasteiger partial charge >= 0.3 is 0 Å². The number of hydrogen-bond donors (Lipinski definition) is 1. The van der Waals surface area contributed by atoms with Gasteiger partial charge in [0.25, 0.3) is 0 Å². The van der Waals surface area contributed by atoms with Crippen molar-refractivity contribution in [1.82, 2.24) is 0 Å². The minimum Gasteiger partial charge on any atom is -0.399 e. The first-order valence-electron chi connectivity index (χ1n) is 7.55. The molecule has 0 heterocycles. The predicted molar refractivity (Wildman–Crippen MR) is 92.1 cm³/mol. The van der Waals surface area contributed by atoms with E-state index in [1.165, 1.54) is 16.7 Å². The Hall–Kier alpha value is -1.76. The van der Waals surface area contributed by atoms with E-state index in [1.54, 1.807) is 0 Å². The van der Waals surface area contributed by atoms with Gasteiger partial charge in [0.05, 0.1) is 0 Å². The van der Waals surface area contributed by atoms with Crippen LogP contribution >= 0.6 is 0 Å². The maximum Gasteiger partial charge on any atom is 0.0314 e. The standard InChI is InChI=1S/C9H12.C8H11N.C2H6/c1-3-9-6-4-8(2)5-7-9;1-2-7-3-5-8(9)6-4-7;1-2/h4-7H,3H2,1-2H3;3-6H,2,9H2,1H3;1-2H3. The van der Waals surface area contributed by atoms with E-state index in [2.05, 4.69) is 57.2 Å². The van der Waals surface area contributed by atoms with E-state index >= 15 is 0 Å². The number of aryl methyl sites for hydroxylation is 3. The van der Waals surface area contributed by atoms with Crippen LogP contribution in [0, 0.1) is 6.92 Å². The molecule has 0 radical (unpaired) electrons. The van der Waals surface area contributed by atoms with Crippen LogP contribution in [0.4, 0.5) is 5.69 Å². The van der Waals surface area contributed by atoms with Gasteiger partial charge in [-0.05, 0) is 43.0 Å². The second-order valence-corrected chi connectivity index (χ2v) is 4.43. The lowest BCUT2D eigenvalue weighted by molar-refractivity contribution is 1.14. The van der Waals surface area contributed by atoms with Crippen molar-refractivity contribution < 1.29 is 0 Å². The Morgan fingerprint density at radius 2 is 1.05 bits per heavy atom. The molecule has 110 valence electrons. The minimum absolute atomic E-state index is 0.840. The van der Waals surface area contributed by atoms with Crippen molar-refractivity contribution in [3.8, 4) is 0 Å². The zero-order valence-corrected chi connectivity index (χ0v) is 13.6. The van der Waals surface area contributed by atoms with Crippen LogP contribution in [0.3, 0.4) is 0 Å². The maximum absolute atomic E-state index is 5.48. The highest BCUT2D eigenvalue weighted by Crippen LogP contribution is 2.04. The Bertz CT molecular complexity index is 395. The van der Waals surface area contributed by atoms with Crippen LogP contribution in [-0.2, 0) is 12.8 Å². The molecular formula is C19H29N. The Morgan fingerprint density at radius 1 is 0.700 bits per heavy atom. The van der Waals surface area contributed by atoms with Crippen molar-refractivity contribution in [1.29, 1.82) is 0 Å². The number of nitrogen functional groups attached to an aromatic ring is 1. The molecule has 0 aliphatic rings. The average Bonchev–Trinajstić information content (AvgIpc) is 2.51. The zero-order valence-electron chi connectivity index (χ0n) is 13.6. The molecule has 2 N–H and O–H groups in total. The summed E-state index contributed by atoms with van der Waals surface area (Å²) in [6.45, 7) is 10.4. The van der Waals surface area contributed by atoms with Gasteiger partial charge in [-0.15, -0.1) is 0 Å². The fraction of sp³-hybridized carbons (Fsp3) is 0.368. The molecule has 0 aliphatic heterocycles. The smallest absolute Gasteiger partial charge is 0.0314 e. The molecule has 2 aromatic rings. The van der Waals surface area contributed by atoms with Gasteiger partial charge in [-0.25, -0.2) is 0 Å². The first-order chi connectivity index (χ1) is 9.65. The summed E-state index contributed by atoms with van der Waals surface area (Å²) in [5.74, 6) is 0. The van der Waals surface area contributed by atoms with E-state index in [0.717, 1.165) is 18.5 Å². The molecule has 0 amide bonds. The largest absolute Gasteiger partial charge is 0.399 e. The lowest BCUT2D eigenvalue weighted by Crippen LogP contribution is -1.84. The molecule has 0 saturated heterocycles. The summed E-state index contributed by atoms with van der Waals surface area (Å²) in [6, 6.07) is 16.6. The van der Waals surface area contributed by atoms with Gasteiger partial charge in [-0.2, -0.15) is 0 Å². The average molecular weight is 271 g/mol. The second kappa shape index (κ2) is 11.1. The van der Waals surface area contributed by atoms with Crippen molar-refractivity contribution in [2.45, 2.75) is 47.5 Å². The van der Waals surface area contributed by atoms with E-state index < -0.39 is 0 Å². The number of benzene rings is 2. The van der Waals surface area contributed by atoms with Crippen LogP contribution < -0.4 is 5.73 Å². The molecule has 0 fully saturated rings. The summed E-state index contributed by atoms with van der Waals surface area (Å²) in [4.78, 5) is 0. The minimum atomic E-state index is 0.840. The van der Waals surface area contributed by atoms with Crippen molar-refractivity contribution in [2.75, 3.05) is 5.73 Å². The summed E-state index contributed by atoms with van der Waals surface area (Å²) in [7, 11) is 0. The van der Waals surface area contributed by atoms with Gasteiger partial charge in [0.15, 0.2) is 0 Å². The van der Waals surface area contributed by atoms with E-state index in [-0.39, 0.29) is 0 Å². The molecule has 1 heteroatoms. The molecule has 20 heavy (non-hydrogen) atoms. The monoisotopic (exact) mass is 271 g/mol. The molecule has 0 aliphatic carbocycles. The fourth-order valence-corrected chi connectivity index (χ4v) is 1.58. The van der Waals surface area contributed by atoms with Crippen LogP contribution in [0.2, 0.25) is 0 Å². The highest BCUT2D eigenvalue weighted by Gasteiger charge is 1.85. The first-order valence-corrected chi connectivity index (χ1v) is 7.55. The second-order valence-electron chi connectivity index (χ2n) is 4.43. The van der Waals surface area contributed by atoms with Gasteiger partial charge in [-0.1, -0.05) is 69.7 Å². The SMILES string of the molecule is CC.CCc1ccc(C)cc1.CCc1ccc(N)cc1. The van der Waals surface area contributed by atoms with Gasteiger partial charge in [-0.3, -0.25) is 0 Å². The van der Waals surface area contributed by atoms with Crippen molar-refractivity contribution in [3.63, 3.8) is 0 Å². The molecular weight excluding hydrogens is 242 g/mol. The van der Waals surface area contributed by atoms with Crippen LogP contribution in [0.25, 0.3) is 0 Å². The molecule has 2 aromatic carbocycles. The Balaban J connectivity index is 0.000000321. The normalized spacial score (nSPS) is 8.85. The molecule has 0 aromatic heterocycles. The third kappa shape index (κ3) is 7.63. The quantitative estimate of drug-likeness (QED) is 0.726. The molecule has 0 saturated carbocycles. The predicted octanol–water partition coefficient (Wildman–Crippen LogP) is 5.41. The van der Waals surface area contributed by atoms with E-state index in [4.69, 9.17) is 5.73 Å². The fourth-order valence-electron chi connectivity index (χ4n) is 1.58. The first kappa shape index (κ1) is 18.2. The number of rotatable bonds is 2. The lowest BCUT2D eigenvalue weighted by Gasteiger charge is -1.94. The van der Waals surface area contributed by atoms with Crippen LogP contribution in [-0.4, -0.2) is 0 Å². The third-order valence-electron chi connectivity index (χ3n) is 2.92. The van der Waals surface area contributed by atoms with E-state index in [9.17, 15) is 0 Å². The van der Waals surface area contributed by atoms with Gasteiger partial charge < -0.3 is 5.73 Å². The highest BCUT2D eigenvalue weighted by molar-refractivity contribution is 5.39. The van der Waals surface area contributed by atoms with Crippen molar-refractivity contribution in [2.24, 2.45) is 0 Å². The molecule has 0 unspecified atom stereocenters. The van der Waals surface area contributed by atoms with Crippen molar-refractivity contribution in [3.05, 3.63) is 65.2 Å². The summed E-state index contributed by atoms with van der Waals surface area (Å²) in [6.07, 6.45) is 2.22. The number of nitrogens with two attached hydrogens (primary N) is 1. The Kier molecular flexibility index (Phi) is 10.1. The van der Waals surface area contributed by atoms with Gasteiger partial charge in [0, 0.05) is 5.69 Å². The van der Waals surface area contributed by atoms with Gasteiger partial charge in [0.2, 0.25) is 0 Å². The summed E-state index contributed by atoms with van der Waals surface area (Å²) in [5, 5.41) is 0. The number of anilines is 1. The van der Waals surface area contributed by atoms with Crippen LogP contribution in [0.5, 0.6) is 0 Å².